The van der Waals surface area contributed by atoms with E-state index in [4.69, 9.17) is 9.15 Å². The molecular formula is C18H27N3O3. The summed E-state index contributed by atoms with van der Waals surface area (Å²) < 4.78 is 11.2. The van der Waals surface area contributed by atoms with Crippen LogP contribution in [-0.2, 0) is 11.3 Å². The van der Waals surface area contributed by atoms with Crippen LogP contribution in [0.25, 0.3) is 0 Å². The van der Waals surface area contributed by atoms with Gasteiger partial charge in [0.1, 0.15) is 5.76 Å². The second-order valence-corrected chi connectivity index (χ2v) is 7.24. The number of methoxy groups -OCH3 is 1. The Bertz CT molecular complexity index is 556. The van der Waals surface area contributed by atoms with E-state index >= 15 is 0 Å². The summed E-state index contributed by atoms with van der Waals surface area (Å²) in [6.07, 6.45) is 5.18. The number of ether oxygens (including phenoxy) is 1. The minimum atomic E-state index is 0.233. The summed E-state index contributed by atoms with van der Waals surface area (Å²) in [4.78, 5) is 19.5. The van der Waals surface area contributed by atoms with E-state index in [9.17, 15) is 4.79 Å². The Morgan fingerprint density at radius 2 is 2.12 bits per heavy atom. The summed E-state index contributed by atoms with van der Waals surface area (Å²) in [6, 6.07) is 4.44. The Morgan fingerprint density at radius 3 is 2.83 bits per heavy atom. The molecule has 3 aliphatic rings. The molecule has 0 unspecified atom stereocenters. The number of likely N-dealkylation sites (tertiary alicyclic amines) is 3. The fraction of sp³-hybridized carbons (Fsp3) is 0.722. The molecule has 3 saturated heterocycles. The Balaban J connectivity index is 1.48. The SMILES string of the molecule is CO[C@@H]1CCN(C(=O)N2CCCC2)[C@@H]2CN(Cc3ccco3)C[C@@H]21. The van der Waals surface area contributed by atoms with Crippen LogP contribution >= 0.6 is 0 Å². The predicted octanol–water partition coefficient (Wildman–Crippen LogP) is 2.02. The molecule has 1 aromatic heterocycles. The molecule has 0 radical (unpaired) electrons. The van der Waals surface area contributed by atoms with Crippen LogP contribution < -0.4 is 0 Å². The number of furan rings is 1. The molecule has 0 N–H and O–H groups in total. The lowest BCUT2D eigenvalue weighted by molar-refractivity contribution is -0.0125. The highest BCUT2D eigenvalue weighted by Gasteiger charge is 2.47. The van der Waals surface area contributed by atoms with Crippen LogP contribution in [0.1, 0.15) is 25.0 Å². The maximum atomic E-state index is 12.9. The van der Waals surface area contributed by atoms with Crippen molar-refractivity contribution in [1.82, 2.24) is 14.7 Å². The quantitative estimate of drug-likeness (QED) is 0.849. The lowest BCUT2D eigenvalue weighted by atomic mass is 9.89. The zero-order valence-electron chi connectivity index (χ0n) is 14.4. The third-order valence-corrected chi connectivity index (χ3v) is 5.83. The molecule has 0 spiro atoms. The minimum Gasteiger partial charge on any atom is -0.468 e. The molecule has 4 heterocycles. The van der Waals surface area contributed by atoms with Crippen molar-refractivity contribution in [3.05, 3.63) is 24.2 Å². The third kappa shape index (κ3) is 2.93. The van der Waals surface area contributed by atoms with Crippen LogP contribution in [0.15, 0.2) is 22.8 Å². The summed E-state index contributed by atoms with van der Waals surface area (Å²) >= 11 is 0. The first kappa shape index (κ1) is 16.0. The topological polar surface area (TPSA) is 49.2 Å². The van der Waals surface area contributed by atoms with Gasteiger partial charge < -0.3 is 19.0 Å². The Kier molecular flexibility index (Phi) is 4.50. The molecule has 6 heteroatoms. The van der Waals surface area contributed by atoms with Gasteiger partial charge in [0.15, 0.2) is 0 Å². The lowest BCUT2D eigenvalue weighted by Gasteiger charge is -2.42. The van der Waals surface area contributed by atoms with Crippen LogP contribution in [0.3, 0.4) is 0 Å². The van der Waals surface area contributed by atoms with E-state index in [1.807, 2.05) is 17.0 Å². The monoisotopic (exact) mass is 333 g/mol. The Morgan fingerprint density at radius 1 is 1.29 bits per heavy atom. The molecule has 2 amide bonds. The molecular weight excluding hydrogens is 306 g/mol. The molecule has 0 aliphatic carbocycles. The lowest BCUT2D eigenvalue weighted by Crippen LogP contribution is -2.56. The molecule has 24 heavy (non-hydrogen) atoms. The Labute approximate surface area is 143 Å². The van der Waals surface area contributed by atoms with Gasteiger partial charge in [-0.15, -0.1) is 0 Å². The predicted molar refractivity (Wildman–Crippen MR) is 89.6 cm³/mol. The number of fused-ring (bicyclic) bond motifs is 1. The van der Waals surface area contributed by atoms with Gasteiger partial charge >= 0.3 is 6.03 Å². The van der Waals surface area contributed by atoms with Crippen LogP contribution in [-0.4, -0.2) is 72.7 Å². The zero-order chi connectivity index (χ0) is 16.5. The first-order chi connectivity index (χ1) is 11.8. The maximum absolute atomic E-state index is 12.9. The van der Waals surface area contributed by atoms with Crippen LogP contribution in [0.5, 0.6) is 0 Å². The number of hydrogen-bond acceptors (Lipinski definition) is 4. The van der Waals surface area contributed by atoms with Crippen molar-refractivity contribution >= 4 is 6.03 Å². The molecule has 3 fully saturated rings. The van der Waals surface area contributed by atoms with Gasteiger partial charge in [-0.05, 0) is 31.4 Å². The highest BCUT2D eigenvalue weighted by Crippen LogP contribution is 2.34. The van der Waals surface area contributed by atoms with E-state index in [0.717, 1.165) is 64.3 Å². The molecule has 4 rings (SSSR count). The van der Waals surface area contributed by atoms with Crippen LogP contribution in [0.4, 0.5) is 4.79 Å². The first-order valence-electron chi connectivity index (χ1n) is 9.09. The van der Waals surface area contributed by atoms with Crippen LogP contribution in [0, 0.1) is 5.92 Å². The number of amides is 2. The van der Waals surface area contributed by atoms with Crippen molar-refractivity contribution in [2.75, 3.05) is 39.8 Å². The number of rotatable bonds is 3. The largest absolute Gasteiger partial charge is 0.468 e. The standard InChI is InChI=1S/C18H27N3O3/c1-23-17-6-9-21(18(22)20-7-2-3-8-20)16-13-19(12-15(16)17)11-14-5-4-10-24-14/h4-5,10,15-17H,2-3,6-9,11-13H2,1H3/t15-,16+,17+/m0/s1. The normalized spacial score (nSPS) is 30.8. The number of carbonyl (C=O) groups excluding carboxylic acids is 1. The van der Waals surface area contributed by atoms with E-state index in [0.29, 0.717) is 5.92 Å². The van der Waals surface area contributed by atoms with E-state index in [1.165, 1.54) is 0 Å². The van der Waals surface area contributed by atoms with Gasteiger partial charge in [-0.25, -0.2) is 4.79 Å². The van der Waals surface area contributed by atoms with Crippen molar-refractivity contribution < 1.29 is 13.9 Å². The number of urea groups is 1. The van der Waals surface area contributed by atoms with Gasteiger partial charge in [0.25, 0.3) is 0 Å². The average Bonchev–Trinajstić information content (AvgIpc) is 3.34. The van der Waals surface area contributed by atoms with Crippen molar-refractivity contribution in [1.29, 1.82) is 0 Å². The fourth-order valence-electron chi connectivity index (χ4n) is 4.61. The number of piperidine rings is 1. The van der Waals surface area contributed by atoms with Crippen LogP contribution in [0.2, 0.25) is 0 Å². The number of hydrogen-bond donors (Lipinski definition) is 0. The van der Waals surface area contributed by atoms with E-state index < -0.39 is 0 Å². The Hall–Kier alpha value is -1.53. The van der Waals surface area contributed by atoms with Crippen molar-refractivity contribution in [3.8, 4) is 0 Å². The van der Waals surface area contributed by atoms with Crippen molar-refractivity contribution in [3.63, 3.8) is 0 Å². The van der Waals surface area contributed by atoms with Gasteiger partial charge in [0.2, 0.25) is 0 Å². The van der Waals surface area contributed by atoms with Gasteiger partial charge in [0.05, 0.1) is 25.0 Å². The summed E-state index contributed by atoms with van der Waals surface area (Å²) in [7, 11) is 1.80. The van der Waals surface area contributed by atoms with Gasteiger partial charge in [-0.2, -0.15) is 0 Å². The molecule has 3 aliphatic heterocycles. The third-order valence-electron chi connectivity index (χ3n) is 5.83. The smallest absolute Gasteiger partial charge is 0.320 e. The van der Waals surface area contributed by atoms with E-state index in [1.54, 1.807) is 13.4 Å². The second kappa shape index (κ2) is 6.76. The van der Waals surface area contributed by atoms with Crippen molar-refractivity contribution in [2.45, 2.75) is 38.0 Å². The molecule has 132 valence electrons. The molecule has 0 bridgehead atoms. The van der Waals surface area contributed by atoms with Gasteiger partial charge in [0, 0.05) is 45.8 Å². The number of carbonyl (C=O) groups is 1. The summed E-state index contributed by atoms with van der Waals surface area (Å²) in [5.41, 5.74) is 0. The highest BCUT2D eigenvalue weighted by molar-refractivity contribution is 5.75. The summed E-state index contributed by atoms with van der Waals surface area (Å²) in [6.45, 7) is 5.32. The van der Waals surface area contributed by atoms with Crippen molar-refractivity contribution in [2.24, 2.45) is 5.92 Å². The number of nitrogens with zero attached hydrogens (tertiary/aromatic N) is 3. The van der Waals surface area contributed by atoms with Gasteiger partial charge in [-0.1, -0.05) is 0 Å². The average molecular weight is 333 g/mol. The molecule has 3 atom stereocenters. The molecule has 6 nitrogen and oxygen atoms in total. The summed E-state index contributed by atoms with van der Waals surface area (Å²) in [5, 5.41) is 0. The second-order valence-electron chi connectivity index (χ2n) is 7.24. The molecule has 1 aromatic rings. The maximum Gasteiger partial charge on any atom is 0.320 e. The van der Waals surface area contributed by atoms with E-state index in [2.05, 4.69) is 9.80 Å². The fourth-order valence-corrected chi connectivity index (χ4v) is 4.61. The zero-order valence-corrected chi connectivity index (χ0v) is 14.4. The molecule has 0 aromatic carbocycles. The first-order valence-corrected chi connectivity index (χ1v) is 9.09. The summed E-state index contributed by atoms with van der Waals surface area (Å²) in [5.74, 6) is 1.38. The van der Waals surface area contributed by atoms with E-state index in [-0.39, 0.29) is 18.2 Å². The highest BCUT2D eigenvalue weighted by atomic mass is 16.5. The van der Waals surface area contributed by atoms with Gasteiger partial charge in [-0.3, -0.25) is 4.90 Å². The molecule has 0 saturated carbocycles. The minimum absolute atomic E-state index is 0.233.